The van der Waals surface area contributed by atoms with Gasteiger partial charge in [0, 0.05) is 10.9 Å². The third-order valence-corrected chi connectivity index (χ3v) is 6.23. The lowest BCUT2D eigenvalue weighted by molar-refractivity contribution is 0.0474. The van der Waals surface area contributed by atoms with Crippen LogP contribution < -0.4 is 4.74 Å². The van der Waals surface area contributed by atoms with Crippen molar-refractivity contribution in [3.8, 4) is 17.0 Å². The molecule has 174 valence electrons. The van der Waals surface area contributed by atoms with Gasteiger partial charge in [-0.2, -0.15) is 0 Å². The zero-order valence-corrected chi connectivity index (χ0v) is 20.7. The Kier molecular flexibility index (Phi) is 6.43. The fourth-order valence-electron chi connectivity index (χ4n) is 4.12. The average Bonchev–Trinajstić information content (AvgIpc) is 2.82. The molecule has 0 unspecified atom stereocenters. The summed E-state index contributed by atoms with van der Waals surface area (Å²) >= 11 is 0. The number of aryl methyl sites for hydroxylation is 2. The van der Waals surface area contributed by atoms with Crippen molar-refractivity contribution >= 4 is 16.9 Å². The van der Waals surface area contributed by atoms with Gasteiger partial charge in [-0.05, 0) is 77.9 Å². The first-order valence-electron chi connectivity index (χ1n) is 11.5. The maximum Gasteiger partial charge on any atom is 0.339 e. The third kappa shape index (κ3) is 4.81. The molecule has 0 bridgehead atoms. The molecule has 0 saturated carbocycles. The number of hydrogen-bond acceptors (Lipinski definition) is 4. The van der Waals surface area contributed by atoms with Crippen LogP contribution in [0.25, 0.3) is 22.2 Å². The Hall–Kier alpha value is -3.66. The number of pyridine rings is 1. The Morgan fingerprint density at radius 3 is 2.18 bits per heavy atom. The fraction of sp³-hybridized carbons (Fsp3) is 0.267. The van der Waals surface area contributed by atoms with E-state index in [0.29, 0.717) is 5.56 Å². The second-order valence-corrected chi connectivity index (χ2v) is 9.72. The van der Waals surface area contributed by atoms with Gasteiger partial charge in [0.2, 0.25) is 0 Å². The van der Waals surface area contributed by atoms with Crippen molar-refractivity contribution in [2.24, 2.45) is 0 Å². The zero-order valence-electron chi connectivity index (χ0n) is 20.7. The maximum atomic E-state index is 13.3. The molecule has 0 aliphatic rings. The highest BCUT2D eigenvalue weighted by Gasteiger charge is 2.19. The van der Waals surface area contributed by atoms with Gasteiger partial charge in [0.15, 0.2) is 0 Å². The van der Waals surface area contributed by atoms with Crippen LogP contribution in [0.3, 0.4) is 0 Å². The molecular weight excluding hydrogens is 422 g/mol. The van der Waals surface area contributed by atoms with E-state index < -0.39 is 0 Å². The van der Waals surface area contributed by atoms with Crippen molar-refractivity contribution in [2.45, 2.75) is 46.6 Å². The van der Waals surface area contributed by atoms with Crippen LogP contribution in [0, 0.1) is 13.8 Å². The molecule has 34 heavy (non-hydrogen) atoms. The number of esters is 1. The molecule has 1 aromatic heterocycles. The lowest BCUT2D eigenvalue weighted by Gasteiger charge is -2.22. The van der Waals surface area contributed by atoms with E-state index >= 15 is 0 Å². The minimum atomic E-state index is -0.355. The van der Waals surface area contributed by atoms with E-state index in [0.717, 1.165) is 44.6 Å². The number of hydrogen-bond donors (Lipinski definition) is 0. The molecule has 0 aliphatic carbocycles. The summed E-state index contributed by atoms with van der Waals surface area (Å²) in [7, 11) is 1.64. The van der Waals surface area contributed by atoms with Crippen molar-refractivity contribution in [1.29, 1.82) is 0 Å². The molecule has 4 nitrogen and oxygen atoms in total. The number of carbonyl (C=O) groups is 1. The molecule has 0 saturated heterocycles. The second kappa shape index (κ2) is 9.30. The second-order valence-electron chi connectivity index (χ2n) is 9.72. The Labute approximate surface area is 201 Å². The SMILES string of the molecule is COc1ccc(-c2cc(C(=O)OCc3c(C)cc(C(C)(C)C)cc3C)c3ccccc3n2)cc1. The molecule has 4 aromatic rings. The van der Waals surface area contributed by atoms with E-state index in [1.54, 1.807) is 7.11 Å². The summed E-state index contributed by atoms with van der Waals surface area (Å²) < 4.78 is 11.1. The summed E-state index contributed by atoms with van der Waals surface area (Å²) in [4.78, 5) is 18.1. The van der Waals surface area contributed by atoms with Gasteiger partial charge in [-0.15, -0.1) is 0 Å². The Bertz CT molecular complexity index is 1330. The number of ether oxygens (including phenoxy) is 2. The first-order valence-corrected chi connectivity index (χ1v) is 11.5. The Morgan fingerprint density at radius 2 is 1.56 bits per heavy atom. The van der Waals surface area contributed by atoms with Crippen molar-refractivity contribution in [2.75, 3.05) is 7.11 Å². The highest BCUT2D eigenvalue weighted by atomic mass is 16.5. The number of benzene rings is 3. The predicted molar refractivity (Wildman–Crippen MR) is 137 cm³/mol. The molecule has 0 spiro atoms. The lowest BCUT2D eigenvalue weighted by Crippen LogP contribution is -2.13. The van der Waals surface area contributed by atoms with Crippen LogP contribution in [0.4, 0.5) is 0 Å². The molecule has 1 heterocycles. The molecule has 0 atom stereocenters. The summed E-state index contributed by atoms with van der Waals surface area (Å²) in [5.41, 5.74) is 7.56. The van der Waals surface area contributed by atoms with E-state index in [1.165, 1.54) is 5.56 Å². The standard InChI is InChI=1S/C30H31NO3/c1-19-15-22(30(3,4)5)16-20(2)26(19)18-34-29(32)25-17-28(21-11-13-23(33-6)14-12-21)31-27-10-8-7-9-24(25)27/h7-17H,18H2,1-6H3. The van der Waals surface area contributed by atoms with Crippen molar-refractivity contribution in [3.63, 3.8) is 0 Å². The van der Waals surface area contributed by atoms with Gasteiger partial charge in [-0.1, -0.05) is 51.1 Å². The van der Waals surface area contributed by atoms with E-state index in [2.05, 4.69) is 46.8 Å². The highest BCUT2D eigenvalue weighted by Crippen LogP contribution is 2.29. The molecule has 3 aromatic carbocycles. The monoisotopic (exact) mass is 453 g/mol. The van der Waals surface area contributed by atoms with Crippen LogP contribution in [0.15, 0.2) is 66.7 Å². The minimum Gasteiger partial charge on any atom is -0.497 e. The molecule has 4 rings (SSSR count). The van der Waals surface area contributed by atoms with E-state index in [9.17, 15) is 4.79 Å². The topological polar surface area (TPSA) is 48.4 Å². The number of para-hydroxylation sites is 1. The number of rotatable bonds is 5. The fourth-order valence-corrected chi connectivity index (χ4v) is 4.12. The minimum absolute atomic E-state index is 0.0680. The van der Waals surface area contributed by atoms with Gasteiger partial charge in [-0.25, -0.2) is 9.78 Å². The first-order chi connectivity index (χ1) is 16.2. The van der Waals surface area contributed by atoms with Crippen molar-refractivity contribution < 1.29 is 14.3 Å². The molecule has 0 aliphatic heterocycles. The summed E-state index contributed by atoms with van der Waals surface area (Å²) in [6.45, 7) is 11.0. The maximum absolute atomic E-state index is 13.3. The van der Waals surface area contributed by atoms with Crippen LogP contribution in [-0.4, -0.2) is 18.1 Å². The average molecular weight is 454 g/mol. The Morgan fingerprint density at radius 1 is 0.912 bits per heavy atom. The number of carbonyl (C=O) groups excluding carboxylic acids is 1. The normalized spacial score (nSPS) is 11.5. The third-order valence-electron chi connectivity index (χ3n) is 6.23. The van der Waals surface area contributed by atoms with Crippen molar-refractivity contribution in [1.82, 2.24) is 4.98 Å². The quantitative estimate of drug-likeness (QED) is 0.300. The molecular formula is C30H31NO3. The molecule has 4 heteroatoms. The van der Waals surface area contributed by atoms with E-state index in [-0.39, 0.29) is 18.0 Å². The number of methoxy groups -OCH3 is 1. The van der Waals surface area contributed by atoms with Crippen LogP contribution in [0.5, 0.6) is 5.75 Å². The van der Waals surface area contributed by atoms with Gasteiger partial charge in [0.05, 0.1) is 23.9 Å². The Balaban J connectivity index is 1.66. The number of fused-ring (bicyclic) bond motifs is 1. The van der Waals surface area contributed by atoms with Crippen LogP contribution >= 0.6 is 0 Å². The van der Waals surface area contributed by atoms with E-state index in [4.69, 9.17) is 14.5 Å². The summed E-state index contributed by atoms with van der Waals surface area (Å²) in [5.74, 6) is 0.416. The van der Waals surface area contributed by atoms with Gasteiger partial charge in [0.25, 0.3) is 0 Å². The van der Waals surface area contributed by atoms with Gasteiger partial charge >= 0.3 is 5.97 Å². The predicted octanol–water partition coefficient (Wildman–Crippen LogP) is 7.18. The molecule has 0 fully saturated rings. The summed E-state index contributed by atoms with van der Waals surface area (Å²) in [6, 6.07) is 21.5. The van der Waals surface area contributed by atoms with Gasteiger partial charge in [0.1, 0.15) is 12.4 Å². The molecule has 0 radical (unpaired) electrons. The van der Waals surface area contributed by atoms with Crippen LogP contribution in [0.2, 0.25) is 0 Å². The summed E-state index contributed by atoms with van der Waals surface area (Å²) in [5, 5.41) is 0.779. The number of nitrogens with zero attached hydrogens (tertiary/aromatic N) is 1. The zero-order chi connectivity index (χ0) is 24.5. The largest absolute Gasteiger partial charge is 0.497 e. The smallest absolute Gasteiger partial charge is 0.339 e. The highest BCUT2D eigenvalue weighted by molar-refractivity contribution is 6.04. The first kappa shape index (κ1) is 23.5. The molecule has 0 N–H and O–H groups in total. The summed E-state index contributed by atoms with van der Waals surface area (Å²) in [6.07, 6.45) is 0. The molecule has 0 amide bonds. The van der Waals surface area contributed by atoms with Crippen LogP contribution in [0.1, 0.15) is 53.4 Å². The van der Waals surface area contributed by atoms with Crippen LogP contribution in [-0.2, 0) is 16.8 Å². The van der Waals surface area contributed by atoms with Crippen molar-refractivity contribution in [3.05, 3.63) is 94.5 Å². The van der Waals surface area contributed by atoms with Gasteiger partial charge < -0.3 is 9.47 Å². The van der Waals surface area contributed by atoms with E-state index in [1.807, 2.05) is 54.6 Å². The lowest BCUT2D eigenvalue weighted by atomic mass is 9.84. The number of aromatic nitrogens is 1. The van der Waals surface area contributed by atoms with Gasteiger partial charge in [-0.3, -0.25) is 0 Å².